The number of alkyl halides is 3. The van der Waals surface area contributed by atoms with Crippen molar-refractivity contribution in [3.8, 4) is 5.75 Å². The van der Waals surface area contributed by atoms with Crippen LogP contribution in [0.5, 0.6) is 5.75 Å². The van der Waals surface area contributed by atoms with Gasteiger partial charge in [0, 0.05) is 17.5 Å². The summed E-state index contributed by atoms with van der Waals surface area (Å²) in [6, 6.07) is 4.93. The Morgan fingerprint density at radius 3 is 2.48 bits per heavy atom. The third kappa shape index (κ3) is 3.36. The van der Waals surface area contributed by atoms with Crippen molar-refractivity contribution in [3.63, 3.8) is 0 Å². The van der Waals surface area contributed by atoms with Crippen molar-refractivity contribution in [2.75, 3.05) is 7.05 Å². The van der Waals surface area contributed by atoms with Crippen molar-refractivity contribution in [2.45, 2.75) is 56.6 Å². The highest BCUT2D eigenvalue weighted by Crippen LogP contribution is 2.40. The number of fused-ring (bicyclic) bond motifs is 3. The zero-order valence-electron chi connectivity index (χ0n) is 14.9. The maximum absolute atomic E-state index is 12.5. The highest BCUT2D eigenvalue weighted by atomic mass is 19.4. The topological polar surface area (TPSA) is 73.4 Å². The van der Waals surface area contributed by atoms with Gasteiger partial charge in [0.1, 0.15) is 5.75 Å². The second-order valence-corrected chi connectivity index (χ2v) is 7.41. The first-order valence-corrected chi connectivity index (χ1v) is 9.02. The molecule has 9 heteroatoms. The fourth-order valence-corrected chi connectivity index (χ4v) is 4.56. The van der Waals surface area contributed by atoms with Crippen LogP contribution < -0.4 is 10.5 Å². The molecule has 0 spiro atoms. The lowest BCUT2D eigenvalue weighted by Gasteiger charge is -2.47. The Kier molecular flexibility index (Phi) is 4.29. The third-order valence-corrected chi connectivity index (χ3v) is 5.81. The molecular weight excluding hydrogens is 361 g/mol. The summed E-state index contributed by atoms with van der Waals surface area (Å²) in [4.78, 5) is 14.2. The first-order chi connectivity index (χ1) is 12.7. The van der Waals surface area contributed by atoms with Crippen LogP contribution in [0.2, 0.25) is 0 Å². The van der Waals surface area contributed by atoms with Crippen molar-refractivity contribution in [1.29, 1.82) is 0 Å². The second-order valence-electron chi connectivity index (χ2n) is 7.41. The van der Waals surface area contributed by atoms with Gasteiger partial charge in [-0.15, -0.1) is 13.2 Å². The fourth-order valence-electron chi connectivity index (χ4n) is 4.56. The standard InChI is InChI=1S/C18H21F3N4O2/c1-24-10-3-2-4-11(24)8-12(7-10)25-15-6-5-13(27-18(19,20)21)9-14(15)16(23-25)17(22)26/h5-6,9-12H,2-4,7-8H2,1H3,(H2,22,26). The van der Waals surface area contributed by atoms with Crippen molar-refractivity contribution < 1.29 is 22.7 Å². The number of piperidine rings is 2. The molecule has 0 saturated carbocycles. The molecule has 2 aromatic rings. The molecule has 146 valence electrons. The minimum absolute atomic E-state index is 0.0262. The molecule has 2 atom stereocenters. The van der Waals surface area contributed by atoms with Crippen LogP contribution in [0, 0.1) is 0 Å². The Hall–Kier alpha value is -2.29. The fraction of sp³-hybridized carbons (Fsp3) is 0.556. The Morgan fingerprint density at radius 1 is 1.22 bits per heavy atom. The van der Waals surface area contributed by atoms with Gasteiger partial charge < -0.3 is 15.4 Å². The van der Waals surface area contributed by atoms with Gasteiger partial charge in [-0.05, 0) is 50.9 Å². The molecule has 2 fully saturated rings. The molecule has 6 nitrogen and oxygen atoms in total. The highest BCUT2D eigenvalue weighted by molar-refractivity contribution is 6.04. The van der Waals surface area contributed by atoms with Gasteiger partial charge in [0.25, 0.3) is 5.91 Å². The van der Waals surface area contributed by atoms with E-state index < -0.39 is 18.0 Å². The summed E-state index contributed by atoms with van der Waals surface area (Å²) in [6.07, 6.45) is 0.425. The zero-order valence-corrected chi connectivity index (χ0v) is 14.9. The van der Waals surface area contributed by atoms with Crippen LogP contribution in [-0.2, 0) is 0 Å². The molecule has 0 radical (unpaired) electrons. The lowest BCUT2D eigenvalue weighted by atomic mass is 9.82. The van der Waals surface area contributed by atoms with Gasteiger partial charge in [0.15, 0.2) is 5.69 Å². The van der Waals surface area contributed by atoms with E-state index in [1.165, 1.54) is 24.6 Å². The number of primary amides is 1. The summed E-state index contributed by atoms with van der Waals surface area (Å²) >= 11 is 0. The van der Waals surface area contributed by atoms with E-state index >= 15 is 0 Å². The Bertz CT molecular complexity index is 865. The van der Waals surface area contributed by atoms with E-state index in [0.29, 0.717) is 17.6 Å². The Morgan fingerprint density at radius 2 is 1.89 bits per heavy atom. The number of halogens is 3. The average molecular weight is 382 g/mol. The van der Waals surface area contributed by atoms with Gasteiger partial charge in [0.2, 0.25) is 0 Å². The molecule has 4 rings (SSSR count). The van der Waals surface area contributed by atoms with Crippen LogP contribution >= 0.6 is 0 Å². The Labute approximate surface area is 154 Å². The van der Waals surface area contributed by atoms with Gasteiger partial charge in [-0.2, -0.15) is 5.10 Å². The summed E-state index contributed by atoms with van der Waals surface area (Å²) < 4.78 is 43.3. The summed E-state index contributed by atoms with van der Waals surface area (Å²) in [7, 11) is 2.14. The predicted molar refractivity (Wildman–Crippen MR) is 92.4 cm³/mol. The van der Waals surface area contributed by atoms with Gasteiger partial charge >= 0.3 is 6.36 Å². The first-order valence-electron chi connectivity index (χ1n) is 9.02. The number of amides is 1. The molecule has 2 bridgehead atoms. The van der Waals surface area contributed by atoms with Crippen LogP contribution in [0.4, 0.5) is 13.2 Å². The van der Waals surface area contributed by atoms with Crippen LogP contribution in [0.15, 0.2) is 18.2 Å². The average Bonchev–Trinajstić information content (AvgIpc) is 2.92. The number of ether oxygens (including phenoxy) is 1. The normalized spacial score (nSPS) is 26.3. The predicted octanol–water partition coefficient (Wildman–Crippen LogP) is 3.22. The quantitative estimate of drug-likeness (QED) is 0.885. The maximum Gasteiger partial charge on any atom is 0.573 e. The van der Waals surface area contributed by atoms with E-state index in [1.807, 2.05) is 0 Å². The van der Waals surface area contributed by atoms with Crippen molar-refractivity contribution in [2.24, 2.45) is 5.73 Å². The third-order valence-electron chi connectivity index (χ3n) is 5.81. The minimum Gasteiger partial charge on any atom is -0.406 e. The van der Waals surface area contributed by atoms with Crippen LogP contribution in [0.25, 0.3) is 10.9 Å². The number of hydrogen-bond acceptors (Lipinski definition) is 4. The largest absolute Gasteiger partial charge is 0.573 e. The van der Waals surface area contributed by atoms with Gasteiger partial charge in [0.05, 0.1) is 11.6 Å². The number of nitrogens with two attached hydrogens (primary N) is 1. The van der Waals surface area contributed by atoms with Crippen LogP contribution in [-0.4, -0.2) is 46.1 Å². The Balaban J connectivity index is 1.74. The van der Waals surface area contributed by atoms with Crippen molar-refractivity contribution >= 4 is 16.8 Å². The molecule has 3 heterocycles. The van der Waals surface area contributed by atoms with Crippen LogP contribution in [0.3, 0.4) is 0 Å². The van der Waals surface area contributed by atoms with Gasteiger partial charge in [-0.25, -0.2) is 0 Å². The van der Waals surface area contributed by atoms with Crippen molar-refractivity contribution in [3.05, 3.63) is 23.9 Å². The smallest absolute Gasteiger partial charge is 0.406 e. The molecule has 2 N–H and O–H groups in total. The molecule has 2 aliphatic rings. The van der Waals surface area contributed by atoms with E-state index in [2.05, 4.69) is 21.8 Å². The van der Waals surface area contributed by atoms with Gasteiger partial charge in [-0.3, -0.25) is 9.48 Å². The molecule has 2 aliphatic heterocycles. The van der Waals surface area contributed by atoms with Crippen LogP contribution in [0.1, 0.15) is 48.6 Å². The van der Waals surface area contributed by atoms with Gasteiger partial charge in [-0.1, -0.05) is 6.42 Å². The number of benzene rings is 1. The number of hydrogen-bond donors (Lipinski definition) is 1. The second kappa shape index (κ2) is 6.40. The number of aromatic nitrogens is 2. The summed E-state index contributed by atoms with van der Waals surface area (Å²) in [5, 5.41) is 4.67. The molecule has 1 aromatic heterocycles. The zero-order chi connectivity index (χ0) is 19.3. The van der Waals surface area contributed by atoms with E-state index in [1.54, 1.807) is 4.68 Å². The van der Waals surface area contributed by atoms with E-state index in [0.717, 1.165) is 25.7 Å². The van der Waals surface area contributed by atoms with Crippen molar-refractivity contribution in [1.82, 2.24) is 14.7 Å². The van der Waals surface area contributed by atoms with E-state index in [-0.39, 0.29) is 17.1 Å². The monoisotopic (exact) mass is 382 g/mol. The first kappa shape index (κ1) is 18.1. The van der Waals surface area contributed by atoms with E-state index in [4.69, 9.17) is 5.73 Å². The summed E-state index contributed by atoms with van der Waals surface area (Å²) in [5.41, 5.74) is 6.00. The lowest BCUT2D eigenvalue weighted by Crippen LogP contribution is -2.50. The number of rotatable bonds is 3. The SMILES string of the molecule is CN1C2CCCC1CC(n1nc(C(N)=O)c3cc(OC(F)(F)F)ccc31)C2. The molecule has 1 amide bonds. The van der Waals surface area contributed by atoms with E-state index in [9.17, 15) is 18.0 Å². The maximum atomic E-state index is 12.5. The number of carbonyl (C=O) groups excluding carboxylic acids is 1. The number of carbonyl (C=O) groups is 1. The number of nitrogens with zero attached hydrogens (tertiary/aromatic N) is 3. The molecule has 1 aromatic carbocycles. The molecule has 27 heavy (non-hydrogen) atoms. The minimum atomic E-state index is -4.80. The molecule has 2 saturated heterocycles. The highest BCUT2D eigenvalue weighted by Gasteiger charge is 2.38. The lowest BCUT2D eigenvalue weighted by molar-refractivity contribution is -0.274. The molecule has 2 unspecified atom stereocenters. The molecule has 0 aliphatic carbocycles. The summed E-state index contributed by atoms with van der Waals surface area (Å²) in [5.74, 6) is -1.16. The molecular formula is C18H21F3N4O2. The summed E-state index contributed by atoms with van der Waals surface area (Å²) in [6.45, 7) is 0.